The van der Waals surface area contributed by atoms with Gasteiger partial charge in [0.15, 0.2) is 0 Å². The fourth-order valence-corrected chi connectivity index (χ4v) is 2.30. The number of rotatable bonds is 3. The van der Waals surface area contributed by atoms with Crippen LogP contribution in [0.3, 0.4) is 0 Å². The molecule has 21 heavy (non-hydrogen) atoms. The molecule has 1 aromatic rings. The third-order valence-corrected chi connectivity index (χ3v) is 4.36. The molecule has 1 fully saturated rings. The molecule has 0 aliphatic carbocycles. The van der Waals surface area contributed by atoms with E-state index in [1.54, 1.807) is 13.0 Å². The molecule has 116 valence electrons. The van der Waals surface area contributed by atoms with Gasteiger partial charge in [-0.25, -0.2) is 8.78 Å². The topological polar surface area (TPSA) is 27.7 Å². The van der Waals surface area contributed by atoms with E-state index in [0.717, 1.165) is 5.46 Å². The Hall–Kier alpha value is -1.14. The van der Waals surface area contributed by atoms with Crippen LogP contribution in [-0.2, 0) is 9.31 Å². The minimum atomic E-state index is -2.58. The Morgan fingerprint density at radius 1 is 1.10 bits per heavy atom. The normalized spacial score (nSPS) is 20.1. The van der Waals surface area contributed by atoms with Crippen LogP contribution in [-0.4, -0.2) is 25.4 Å². The van der Waals surface area contributed by atoms with Crippen molar-refractivity contribution in [3.05, 3.63) is 23.3 Å². The number of halogens is 2. The Kier molecular flexibility index (Phi) is 4.06. The van der Waals surface area contributed by atoms with Crippen LogP contribution in [0.4, 0.5) is 8.78 Å². The minimum absolute atomic E-state index is 0.115. The Morgan fingerprint density at radius 3 is 2.05 bits per heavy atom. The van der Waals surface area contributed by atoms with Crippen LogP contribution in [0.25, 0.3) is 0 Å². The zero-order chi connectivity index (χ0) is 16.0. The number of aryl methyl sites for hydroxylation is 1. The first-order valence-corrected chi connectivity index (χ1v) is 6.91. The van der Waals surface area contributed by atoms with E-state index in [1.165, 1.54) is 13.2 Å². The van der Waals surface area contributed by atoms with Gasteiger partial charge in [0.05, 0.1) is 23.9 Å². The molecule has 0 aromatic heterocycles. The zero-order valence-corrected chi connectivity index (χ0v) is 13.3. The van der Waals surface area contributed by atoms with Crippen molar-refractivity contribution in [2.24, 2.45) is 0 Å². The molecule has 0 saturated carbocycles. The van der Waals surface area contributed by atoms with Gasteiger partial charge in [0.25, 0.3) is 6.43 Å². The largest absolute Gasteiger partial charge is 0.496 e. The summed E-state index contributed by atoms with van der Waals surface area (Å²) in [7, 11) is 0.792. The van der Waals surface area contributed by atoms with Gasteiger partial charge in [-0.3, -0.25) is 0 Å². The number of hydrogen-bond donors (Lipinski definition) is 0. The van der Waals surface area contributed by atoms with Crippen LogP contribution >= 0.6 is 0 Å². The summed E-state index contributed by atoms with van der Waals surface area (Å²) in [5.41, 5.74) is 0.354. The molecule has 6 heteroatoms. The molecule has 1 aliphatic rings. The summed E-state index contributed by atoms with van der Waals surface area (Å²) in [5.74, 6) is 0.153. The van der Waals surface area contributed by atoms with Crippen molar-refractivity contribution in [3.63, 3.8) is 0 Å². The molecule has 2 rings (SSSR count). The lowest BCUT2D eigenvalue weighted by Crippen LogP contribution is -2.41. The number of hydrogen-bond acceptors (Lipinski definition) is 3. The monoisotopic (exact) mass is 298 g/mol. The standard InChI is InChI=1S/C15H21BF2O3/c1-9-7-10(13(17)18)12(19-6)8-11(9)16-20-14(2,3)15(4,5)21-16/h7-8,13H,1-6H3. The molecular formula is C15H21BF2O3. The highest BCUT2D eigenvalue weighted by Gasteiger charge is 2.52. The van der Waals surface area contributed by atoms with Gasteiger partial charge in [0, 0.05) is 0 Å². The van der Waals surface area contributed by atoms with E-state index in [1.807, 2.05) is 27.7 Å². The highest BCUT2D eigenvalue weighted by atomic mass is 19.3. The molecule has 1 aromatic carbocycles. The molecule has 0 radical (unpaired) electrons. The van der Waals surface area contributed by atoms with Gasteiger partial charge in [0.2, 0.25) is 0 Å². The average molecular weight is 298 g/mol. The lowest BCUT2D eigenvalue weighted by molar-refractivity contribution is 0.00578. The molecule has 0 bridgehead atoms. The molecule has 0 spiro atoms. The predicted molar refractivity (Wildman–Crippen MR) is 78.4 cm³/mol. The van der Waals surface area contributed by atoms with Crippen LogP contribution in [0.15, 0.2) is 12.1 Å². The van der Waals surface area contributed by atoms with Gasteiger partial charge in [-0.1, -0.05) is 5.56 Å². The predicted octanol–water partition coefficient (Wildman–Crippen LogP) is 3.24. The molecule has 1 aliphatic heterocycles. The molecule has 0 unspecified atom stereocenters. The van der Waals surface area contributed by atoms with Gasteiger partial charge in [-0.15, -0.1) is 0 Å². The van der Waals surface area contributed by atoms with Crippen molar-refractivity contribution < 1.29 is 22.8 Å². The highest BCUT2D eigenvalue weighted by molar-refractivity contribution is 6.62. The Labute approximate surface area is 124 Å². The molecule has 0 amide bonds. The summed E-state index contributed by atoms with van der Waals surface area (Å²) in [6.07, 6.45) is -2.58. The van der Waals surface area contributed by atoms with E-state index in [4.69, 9.17) is 14.0 Å². The smallest absolute Gasteiger partial charge is 0.495 e. The SMILES string of the molecule is COc1cc(B2OC(C)(C)C(C)(C)O2)c(C)cc1C(F)F. The van der Waals surface area contributed by atoms with Gasteiger partial charge >= 0.3 is 7.12 Å². The van der Waals surface area contributed by atoms with Gasteiger partial charge < -0.3 is 14.0 Å². The second-order valence-corrected chi connectivity index (χ2v) is 6.34. The second kappa shape index (κ2) is 5.25. The van der Waals surface area contributed by atoms with E-state index < -0.39 is 24.7 Å². The number of methoxy groups -OCH3 is 1. The third-order valence-electron chi connectivity index (χ3n) is 4.36. The van der Waals surface area contributed by atoms with Crippen molar-refractivity contribution in [2.75, 3.05) is 7.11 Å². The van der Waals surface area contributed by atoms with E-state index in [9.17, 15) is 8.78 Å². The minimum Gasteiger partial charge on any atom is -0.496 e. The van der Waals surface area contributed by atoms with E-state index in [-0.39, 0.29) is 11.3 Å². The molecule has 3 nitrogen and oxygen atoms in total. The summed E-state index contributed by atoms with van der Waals surface area (Å²) < 4.78 is 43.0. The van der Waals surface area contributed by atoms with Gasteiger partial charge in [0.1, 0.15) is 5.75 Å². The maximum absolute atomic E-state index is 13.0. The highest BCUT2D eigenvalue weighted by Crippen LogP contribution is 2.37. The summed E-state index contributed by atoms with van der Waals surface area (Å²) in [6, 6.07) is 3.02. The fourth-order valence-electron chi connectivity index (χ4n) is 2.30. The van der Waals surface area contributed by atoms with Crippen molar-refractivity contribution in [1.82, 2.24) is 0 Å². The van der Waals surface area contributed by atoms with Crippen molar-refractivity contribution in [3.8, 4) is 5.75 Å². The summed E-state index contributed by atoms with van der Waals surface area (Å²) in [4.78, 5) is 0. The van der Waals surface area contributed by atoms with E-state index >= 15 is 0 Å². The number of ether oxygens (including phenoxy) is 1. The number of alkyl halides is 2. The Balaban J connectivity index is 2.42. The Morgan fingerprint density at radius 2 is 1.62 bits per heavy atom. The summed E-state index contributed by atoms with van der Waals surface area (Å²) >= 11 is 0. The lowest BCUT2D eigenvalue weighted by Gasteiger charge is -2.32. The van der Waals surface area contributed by atoms with Crippen LogP contribution < -0.4 is 10.2 Å². The van der Waals surface area contributed by atoms with Crippen molar-refractivity contribution in [2.45, 2.75) is 52.2 Å². The van der Waals surface area contributed by atoms with Crippen molar-refractivity contribution >= 4 is 12.6 Å². The fraction of sp³-hybridized carbons (Fsp3) is 0.600. The molecule has 0 N–H and O–H groups in total. The van der Waals surface area contributed by atoms with Crippen LogP contribution in [0.1, 0.15) is 45.2 Å². The average Bonchev–Trinajstić information content (AvgIpc) is 2.57. The van der Waals surface area contributed by atoms with Gasteiger partial charge in [-0.2, -0.15) is 0 Å². The summed E-state index contributed by atoms with van der Waals surface area (Å²) in [6.45, 7) is 9.58. The molecule has 1 heterocycles. The first kappa shape index (κ1) is 16.2. The summed E-state index contributed by atoms with van der Waals surface area (Å²) in [5, 5.41) is 0. The van der Waals surface area contributed by atoms with Crippen molar-refractivity contribution in [1.29, 1.82) is 0 Å². The van der Waals surface area contributed by atoms with E-state index in [2.05, 4.69) is 0 Å². The zero-order valence-electron chi connectivity index (χ0n) is 13.3. The van der Waals surface area contributed by atoms with Gasteiger partial charge in [-0.05, 0) is 52.2 Å². The lowest BCUT2D eigenvalue weighted by atomic mass is 9.75. The van der Waals surface area contributed by atoms with E-state index in [0.29, 0.717) is 5.56 Å². The first-order valence-electron chi connectivity index (χ1n) is 6.91. The maximum Gasteiger partial charge on any atom is 0.495 e. The maximum atomic E-state index is 13.0. The quantitative estimate of drug-likeness (QED) is 0.802. The number of benzene rings is 1. The second-order valence-electron chi connectivity index (χ2n) is 6.34. The Bertz CT molecular complexity index is 528. The van der Waals surface area contributed by atoms with Crippen LogP contribution in [0.5, 0.6) is 5.75 Å². The third kappa shape index (κ3) is 2.79. The molecular weight excluding hydrogens is 277 g/mol. The molecule has 0 atom stereocenters. The van der Waals surface area contributed by atoms with Crippen LogP contribution in [0.2, 0.25) is 0 Å². The molecule has 1 saturated heterocycles. The van der Waals surface area contributed by atoms with Crippen LogP contribution in [0, 0.1) is 6.92 Å². The first-order chi connectivity index (χ1) is 9.59.